The molecule has 44 valence electrons. The number of pyridine rings is 1. The summed E-state index contributed by atoms with van der Waals surface area (Å²) in [6.45, 7) is 1.70. The van der Waals surface area contributed by atoms with Crippen molar-refractivity contribution in [3.05, 3.63) is 17.8 Å². The van der Waals surface area contributed by atoms with Crippen molar-refractivity contribution in [3.63, 3.8) is 0 Å². The third-order valence-electron chi connectivity index (χ3n) is 1.08. The van der Waals surface area contributed by atoms with Gasteiger partial charge in [0.25, 0.3) is 0 Å². The van der Waals surface area contributed by atoms with Crippen LogP contribution in [0, 0.1) is 6.92 Å². The second-order valence-electron chi connectivity index (χ2n) is 1.84. The topological polar surface area (TPSA) is 33.1 Å². The molecule has 0 saturated heterocycles. The molecule has 0 fully saturated rings. The first-order valence-corrected chi connectivity index (χ1v) is 2.62. The van der Waals surface area contributed by atoms with E-state index in [2.05, 4.69) is 4.98 Å². The third kappa shape index (κ3) is 1.22. The van der Waals surface area contributed by atoms with Crippen LogP contribution in [0.25, 0.3) is 0 Å². The fourth-order valence-electron chi connectivity index (χ4n) is 0.573. The van der Waals surface area contributed by atoms with Gasteiger partial charge in [0.15, 0.2) is 0 Å². The van der Waals surface area contributed by atoms with Gasteiger partial charge in [-0.1, -0.05) is 0 Å². The van der Waals surface area contributed by atoms with Gasteiger partial charge in [0.05, 0.1) is 5.69 Å². The van der Waals surface area contributed by atoms with E-state index in [4.69, 9.17) is 13.0 Å². The van der Waals surface area contributed by atoms with E-state index in [9.17, 15) is 0 Å². The molecule has 0 atom stereocenters. The van der Waals surface area contributed by atoms with E-state index in [-0.39, 0.29) is 5.75 Å². The van der Waals surface area contributed by atoms with Gasteiger partial charge in [-0.2, -0.15) is 0 Å². The van der Waals surface area contributed by atoms with Crippen LogP contribution < -0.4 is 5.59 Å². The maximum Gasteiger partial charge on any atom is 0.141 e. The van der Waals surface area contributed by atoms with E-state index in [1.54, 1.807) is 13.0 Å². The highest BCUT2D eigenvalue weighted by Crippen LogP contribution is 2.08. The fraction of sp³-hybridized carbons (Fsp3) is 0.167. The molecular weight excluding hydrogens is 113 g/mol. The Morgan fingerprint density at radius 1 is 1.56 bits per heavy atom. The van der Waals surface area contributed by atoms with Gasteiger partial charge in [-0.15, -0.1) is 0 Å². The van der Waals surface area contributed by atoms with E-state index >= 15 is 0 Å². The Bertz CT molecular complexity index is 224. The number of aromatic nitrogens is 1. The Labute approximate surface area is 55.0 Å². The average molecular weight is 119 g/mol. The van der Waals surface area contributed by atoms with E-state index in [0.29, 0.717) is 11.3 Å². The zero-order valence-electron chi connectivity index (χ0n) is 5.13. The van der Waals surface area contributed by atoms with Crippen molar-refractivity contribution < 1.29 is 5.11 Å². The standard InChI is InChI=1S/C6H6BNO/c1-4-5(9)2-3-6(7)8-4/h2-3,9H,1H3. The minimum absolute atomic E-state index is 0.184. The van der Waals surface area contributed by atoms with Gasteiger partial charge in [-0.25, -0.2) is 0 Å². The maximum atomic E-state index is 8.93. The highest BCUT2D eigenvalue weighted by molar-refractivity contribution is 6.30. The van der Waals surface area contributed by atoms with Crippen LogP contribution in [0.4, 0.5) is 0 Å². The van der Waals surface area contributed by atoms with Gasteiger partial charge in [0.2, 0.25) is 0 Å². The van der Waals surface area contributed by atoms with Gasteiger partial charge >= 0.3 is 0 Å². The Kier molecular flexibility index (Phi) is 1.43. The van der Waals surface area contributed by atoms with Gasteiger partial charge in [0.1, 0.15) is 13.6 Å². The summed E-state index contributed by atoms with van der Waals surface area (Å²) < 4.78 is 0. The maximum absolute atomic E-state index is 8.93. The summed E-state index contributed by atoms with van der Waals surface area (Å²) in [6, 6.07) is 3.08. The van der Waals surface area contributed by atoms with Crippen molar-refractivity contribution in [2.45, 2.75) is 6.92 Å². The number of aromatic hydroxyl groups is 1. The summed E-state index contributed by atoms with van der Waals surface area (Å²) in [5, 5.41) is 8.93. The quantitative estimate of drug-likeness (QED) is 0.483. The summed E-state index contributed by atoms with van der Waals surface area (Å²) in [5.41, 5.74) is 1.00. The summed E-state index contributed by atoms with van der Waals surface area (Å²) in [6.07, 6.45) is 0. The number of rotatable bonds is 0. The molecule has 1 aromatic heterocycles. The molecule has 0 aliphatic rings. The number of hydrogen-bond acceptors (Lipinski definition) is 2. The van der Waals surface area contributed by atoms with Gasteiger partial charge < -0.3 is 5.11 Å². The van der Waals surface area contributed by atoms with Crippen LogP contribution in [0.15, 0.2) is 12.1 Å². The molecule has 0 unspecified atom stereocenters. The van der Waals surface area contributed by atoms with Gasteiger partial charge in [0, 0.05) is 0 Å². The molecule has 0 saturated carbocycles. The summed E-state index contributed by atoms with van der Waals surface area (Å²) >= 11 is 0. The molecule has 0 amide bonds. The van der Waals surface area contributed by atoms with E-state index in [1.165, 1.54) is 6.07 Å². The van der Waals surface area contributed by atoms with Crippen LogP contribution in [-0.4, -0.2) is 17.9 Å². The first-order valence-electron chi connectivity index (χ1n) is 2.62. The zero-order chi connectivity index (χ0) is 6.85. The highest BCUT2D eigenvalue weighted by atomic mass is 16.3. The summed E-state index contributed by atoms with van der Waals surface area (Å²) in [7, 11) is 5.31. The van der Waals surface area contributed by atoms with Crippen LogP contribution in [0.5, 0.6) is 5.75 Å². The van der Waals surface area contributed by atoms with E-state index in [1.807, 2.05) is 0 Å². The molecule has 0 aliphatic heterocycles. The lowest BCUT2D eigenvalue weighted by molar-refractivity contribution is 0.468. The van der Waals surface area contributed by atoms with Crippen molar-refractivity contribution in [2.75, 3.05) is 0 Å². The molecule has 9 heavy (non-hydrogen) atoms. The lowest BCUT2D eigenvalue weighted by atomic mass is 10.0. The smallest absolute Gasteiger partial charge is 0.141 e. The SMILES string of the molecule is [B]c1ccc(O)c(C)n1. The van der Waals surface area contributed by atoms with Crippen molar-refractivity contribution in [1.82, 2.24) is 4.98 Å². The largest absolute Gasteiger partial charge is 0.506 e. The average Bonchev–Trinajstić information content (AvgIpc) is 1.80. The number of aryl methyl sites for hydroxylation is 1. The molecule has 0 aliphatic carbocycles. The lowest BCUT2D eigenvalue weighted by Gasteiger charge is -1.96. The van der Waals surface area contributed by atoms with Gasteiger partial charge in [-0.05, 0) is 24.6 Å². The fourth-order valence-corrected chi connectivity index (χ4v) is 0.573. The first-order chi connectivity index (χ1) is 4.20. The second-order valence-corrected chi connectivity index (χ2v) is 1.84. The molecule has 3 heteroatoms. The lowest BCUT2D eigenvalue weighted by Crippen LogP contribution is -2.07. The van der Waals surface area contributed by atoms with Crippen molar-refractivity contribution in [2.24, 2.45) is 0 Å². The van der Waals surface area contributed by atoms with Crippen LogP contribution in [-0.2, 0) is 0 Å². The van der Waals surface area contributed by atoms with Crippen LogP contribution in [0.1, 0.15) is 5.69 Å². The minimum atomic E-state index is 0.184. The van der Waals surface area contributed by atoms with E-state index in [0.717, 1.165) is 0 Å². The number of hydrogen-bond donors (Lipinski definition) is 1. The first kappa shape index (κ1) is 6.14. The van der Waals surface area contributed by atoms with Crippen molar-refractivity contribution >= 4 is 13.4 Å². The molecular formula is C6H6BNO. The monoisotopic (exact) mass is 119 g/mol. The predicted molar refractivity (Wildman–Crippen MR) is 36.0 cm³/mol. The molecule has 0 aromatic carbocycles. The molecule has 0 bridgehead atoms. The second kappa shape index (κ2) is 2.09. The highest BCUT2D eigenvalue weighted by Gasteiger charge is 1.93. The Balaban J connectivity index is 3.17. The van der Waals surface area contributed by atoms with Gasteiger partial charge in [-0.3, -0.25) is 4.98 Å². The zero-order valence-corrected chi connectivity index (χ0v) is 5.13. The summed E-state index contributed by atoms with van der Waals surface area (Å²) in [4.78, 5) is 3.80. The molecule has 1 aromatic rings. The molecule has 1 N–H and O–H groups in total. The molecule has 0 spiro atoms. The van der Waals surface area contributed by atoms with E-state index < -0.39 is 0 Å². The Hall–Kier alpha value is -0.985. The third-order valence-corrected chi connectivity index (χ3v) is 1.08. The summed E-state index contributed by atoms with van der Waals surface area (Å²) in [5.74, 6) is 0.184. The molecule has 1 heterocycles. The Morgan fingerprint density at radius 2 is 2.22 bits per heavy atom. The van der Waals surface area contributed by atoms with Crippen LogP contribution in [0.3, 0.4) is 0 Å². The van der Waals surface area contributed by atoms with Crippen LogP contribution in [0.2, 0.25) is 0 Å². The van der Waals surface area contributed by atoms with Crippen LogP contribution >= 0.6 is 0 Å². The predicted octanol–water partition coefficient (Wildman–Crippen LogP) is -0.111. The van der Waals surface area contributed by atoms with Crippen molar-refractivity contribution in [1.29, 1.82) is 0 Å². The minimum Gasteiger partial charge on any atom is -0.506 e. The normalized spacial score (nSPS) is 9.44. The molecule has 2 nitrogen and oxygen atoms in total. The number of nitrogens with zero attached hydrogens (tertiary/aromatic N) is 1. The molecule has 2 radical (unpaired) electrons. The van der Waals surface area contributed by atoms with Crippen molar-refractivity contribution in [3.8, 4) is 5.75 Å². The molecule has 1 rings (SSSR count). The Morgan fingerprint density at radius 3 is 2.67 bits per heavy atom.